The Balaban J connectivity index is 1.70. The molecule has 184 valence electrons. The molecule has 1 aromatic heterocycles. The van der Waals surface area contributed by atoms with Gasteiger partial charge in [-0.05, 0) is 48.0 Å². The van der Waals surface area contributed by atoms with Crippen molar-refractivity contribution in [3.05, 3.63) is 107 Å². The van der Waals surface area contributed by atoms with Crippen LogP contribution in [0.25, 0.3) is 10.9 Å². The summed E-state index contributed by atoms with van der Waals surface area (Å²) in [6, 6.07) is 17.4. The number of hydrogen-bond acceptors (Lipinski definition) is 6. The van der Waals surface area contributed by atoms with E-state index < -0.39 is 10.3 Å². The maximum Gasteiger partial charge on any atom is 0.311 e. The van der Waals surface area contributed by atoms with Gasteiger partial charge in [0.1, 0.15) is 12.4 Å². The van der Waals surface area contributed by atoms with E-state index in [1.807, 2.05) is 51.1 Å². The summed E-state index contributed by atoms with van der Waals surface area (Å²) in [7, 11) is 0. The minimum Gasteiger partial charge on any atom is -0.482 e. The number of hydrogen-bond donors (Lipinski definition) is 0. The van der Waals surface area contributed by atoms with Crippen molar-refractivity contribution in [3.8, 4) is 5.75 Å². The number of nitrogens with zero attached hydrogens (tertiary/aromatic N) is 4. The highest BCUT2D eigenvalue weighted by atomic mass is 79.9. The smallest absolute Gasteiger partial charge is 0.311 e. The molecular formula is C26H22Br2N4O4. The second kappa shape index (κ2) is 10.3. The summed E-state index contributed by atoms with van der Waals surface area (Å²) >= 11 is 6.77. The first-order valence-electron chi connectivity index (χ1n) is 11.0. The molecule has 0 amide bonds. The van der Waals surface area contributed by atoms with Gasteiger partial charge in [-0.2, -0.15) is 9.78 Å². The molecule has 0 saturated heterocycles. The molecule has 0 fully saturated rings. The quantitative estimate of drug-likeness (QED) is 0.139. The van der Waals surface area contributed by atoms with E-state index in [1.165, 1.54) is 23.0 Å². The first kappa shape index (κ1) is 25.7. The van der Waals surface area contributed by atoms with Gasteiger partial charge in [0.2, 0.25) is 0 Å². The first-order chi connectivity index (χ1) is 17.0. The van der Waals surface area contributed by atoms with E-state index in [1.54, 1.807) is 18.2 Å². The number of nitro benzene ring substituents is 1. The summed E-state index contributed by atoms with van der Waals surface area (Å²) < 4.78 is 8.65. The van der Waals surface area contributed by atoms with Gasteiger partial charge in [-0.3, -0.25) is 14.9 Å². The van der Waals surface area contributed by atoms with E-state index in [4.69, 9.17) is 4.74 Å². The number of benzene rings is 3. The molecule has 0 unspecified atom stereocenters. The second-order valence-electron chi connectivity index (χ2n) is 9.11. The van der Waals surface area contributed by atoms with Crippen molar-refractivity contribution in [2.45, 2.75) is 32.8 Å². The number of aromatic nitrogens is 2. The number of fused-ring (bicyclic) bond motifs is 1. The largest absolute Gasteiger partial charge is 0.482 e. The lowest BCUT2D eigenvalue weighted by Crippen LogP contribution is -2.29. The molecule has 0 N–H and O–H groups in total. The average molecular weight is 614 g/mol. The van der Waals surface area contributed by atoms with Gasteiger partial charge in [0.05, 0.1) is 22.0 Å². The van der Waals surface area contributed by atoms with Gasteiger partial charge in [0, 0.05) is 26.0 Å². The minimum absolute atomic E-state index is 0.143. The molecule has 0 saturated carbocycles. The maximum atomic E-state index is 13.3. The summed E-state index contributed by atoms with van der Waals surface area (Å²) in [6.45, 7) is 6.00. The molecular weight excluding hydrogens is 592 g/mol. The van der Waals surface area contributed by atoms with Crippen molar-refractivity contribution in [2.24, 2.45) is 5.10 Å². The third kappa shape index (κ3) is 5.71. The van der Waals surface area contributed by atoms with Crippen molar-refractivity contribution >= 4 is 54.7 Å². The molecule has 1 heterocycles. The third-order valence-electron chi connectivity index (χ3n) is 5.29. The fourth-order valence-corrected chi connectivity index (χ4v) is 4.11. The van der Waals surface area contributed by atoms with Crippen LogP contribution in [0.15, 0.2) is 79.5 Å². The predicted octanol–water partition coefficient (Wildman–Crippen LogP) is 6.59. The van der Waals surface area contributed by atoms with Crippen LogP contribution in [0.3, 0.4) is 0 Å². The Kier molecular flexibility index (Phi) is 7.37. The van der Waals surface area contributed by atoms with Crippen molar-refractivity contribution in [1.29, 1.82) is 0 Å². The molecule has 0 atom stereocenters. The zero-order valence-electron chi connectivity index (χ0n) is 19.7. The molecule has 0 aliphatic heterocycles. The summed E-state index contributed by atoms with van der Waals surface area (Å²) in [6.07, 6.45) is 1.41. The van der Waals surface area contributed by atoms with Crippen LogP contribution < -0.4 is 10.3 Å². The summed E-state index contributed by atoms with van der Waals surface area (Å²) in [4.78, 5) is 29.2. The van der Waals surface area contributed by atoms with Gasteiger partial charge in [-0.15, -0.1) is 0 Å². The molecule has 4 rings (SSSR count). The second-order valence-corrected chi connectivity index (χ2v) is 10.9. The van der Waals surface area contributed by atoms with Crippen LogP contribution in [0.4, 0.5) is 5.69 Å². The first-order valence-corrected chi connectivity index (χ1v) is 12.5. The van der Waals surface area contributed by atoms with Crippen LogP contribution in [-0.4, -0.2) is 20.8 Å². The van der Waals surface area contributed by atoms with E-state index >= 15 is 0 Å². The van der Waals surface area contributed by atoms with Gasteiger partial charge >= 0.3 is 5.69 Å². The summed E-state index contributed by atoms with van der Waals surface area (Å²) in [5.41, 5.74) is 0.893. The highest BCUT2D eigenvalue weighted by molar-refractivity contribution is 9.10. The molecule has 0 aliphatic carbocycles. The molecule has 0 bridgehead atoms. The summed E-state index contributed by atoms with van der Waals surface area (Å²) in [5, 5.41) is 16.5. The Morgan fingerprint density at radius 3 is 2.42 bits per heavy atom. The van der Waals surface area contributed by atoms with Crippen molar-refractivity contribution in [1.82, 2.24) is 9.66 Å². The van der Waals surface area contributed by atoms with Gasteiger partial charge in [-0.25, -0.2) is 4.98 Å². The monoisotopic (exact) mass is 612 g/mol. The van der Waals surface area contributed by atoms with Gasteiger partial charge < -0.3 is 4.74 Å². The Morgan fingerprint density at radius 1 is 1.06 bits per heavy atom. The Hall–Kier alpha value is -3.37. The van der Waals surface area contributed by atoms with Crippen molar-refractivity contribution < 1.29 is 9.66 Å². The molecule has 0 radical (unpaired) electrons. The van der Waals surface area contributed by atoms with Crippen molar-refractivity contribution in [3.63, 3.8) is 0 Å². The standard InChI is InChI=1S/C26H22Br2N4O4/c1-26(2,3)25-30-21-10-9-19(28)13-20(21)24(33)31(25)29-14-17-6-11-23(22(12-17)32(34)35)36-15-16-4-7-18(27)8-5-16/h4-14H,15H2,1-3H3. The van der Waals surface area contributed by atoms with E-state index in [0.29, 0.717) is 22.3 Å². The van der Waals surface area contributed by atoms with Crippen LogP contribution in [-0.2, 0) is 12.0 Å². The van der Waals surface area contributed by atoms with Crippen LogP contribution in [0, 0.1) is 10.1 Å². The van der Waals surface area contributed by atoms with Crippen LogP contribution in [0.2, 0.25) is 0 Å². The van der Waals surface area contributed by atoms with Crippen LogP contribution in [0.1, 0.15) is 37.7 Å². The number of nitro groups is 1. The Bertz CT molecular complexity index is 1540. The highest BCUT2D eigenvalue weighted by Gasteiger charge is 2.23. The number of rotatable bonds is 6. The fourth-order valence-electron chi connectivity index (χ4n) is 3.49. The number of ether oxygens (including phenoxy) is 1. The molecule has 4 aromatic rings. The minimum atomic E-state index is -0.504. The van der Waals surface area contributed by atoms with Gasteiger partial charge in [0.15, 0.2) is 5.75 Å². The molecule has 8 nitrogen and oxygen atoms in total. The maximum absolute atomic E-state index is 13.3. The lowest BCUT2D eigenvalue weighted by atomic mass is 9.95. The highest BCUT2D eigenvalue weighted by Crippen LogP contribution is 2.29. The molecule has 10 heteroatoms. The zero-order chi connectivity index (χ0) is 26.0. The molecule has 0 aliphatic rings. The average Bonchev–Trinajstić information content (AvgIpc) is 2.83. The molecule has 36 heavy (non-hydrogen) atoms. The van der Waals surface area contributed by atoms with E-state index in [2.05, 4.69) is 41.9 Å². The summed E-state index contributed by atoms with van der Waals surface area (Å²) in [5.74, 6) is 0.618. The third-order valence-corrected chi connectivity index (χ3v) is 6.31. The Labute approximate surface area is 224 Å². The van der Waals surface area contributed by atoms with Gasteiger partial charge in [-0.1, -0.05) is 64.8 Å². The lowest BCUT2D eigenvalue weighted by molar-refractivity contribution is -0.385. The van der Waals surface area contributed by atoms with E-state index in [0.717, 1.165) is 14.5 Å². The predicted molar refractivity (Wildman–Crippen MR) is 147 cm³/mol. The topological polar surface area (TPSA) is 99.6 Å². The zero-order valence-corrected chi connectivity index (χ0v) is 22.9. The Morgan fingerprint density at radius 2 is 1.75 bits per heavy atom. The molecule has 0 spiro atoms. The fraction of sp³-hybridized carbons (Fsp3) is 0.192. The molecule has 3 aromatic carbocycles. The van der Waals surface area contributed by atoms with Gasteiger partial charge in [0.25, 0.3) is 5.56 Å². The lowest BCUT2D eigenvalue weighted by Gasteiger charge is -2.20. The normalized spacial score (nSPS) is 11.8. The van der Waals surface area contributed by atoms with E-state index in [-0.39, 0.29) is 23.6 Å². The van der Waals surface area contributed by atoms with Crippen LogP contribution >= 0.6 is 31.9 Å². The van der Waals surface area contributed by atoms with Crippen LogP contribution in [0.5, 0.6) is 5.75 Å². The number of halogens is 2. The SMILES string of the molecule is CC(C)(C)c1nc2ccc(Br)cc2c(=O)n1N=Cc1ccc(OCc2ccc(Br)cc2)c([N+](=O)[O-])c1. The van der Waals surface area contributed by atoms with Crippen molar-refractivity contribution in [2.75, 3.05) is 0 Å². The van der Waals surface area contributed by atoms with E-state index in [9.17, 15) is 14.9 Å².